The molecule has 0 saturated carbocycles. The van der Waals surface area contributed by atoms with E-state index in [2.05, 4.69) is 5.10 Å². The van der Waals surface area contributed by atoms with Gasteiger partial charge in [0, 0.05) is 32.7 Å². The SMILES string of the molecule is CS(=O)c1ccc2c(ccc3c(C(F)(F)F)nn(-c4ccc(S(N)(=O)=O)cc4)c32)c1. The van der Waals surface area contributed by atoms with Gasteiger partial charge in [-0.15, -0.1) is 0 Å². The first kappa shape index (κ1) is 20.5. The minimum absolute atomic E-state index is 0.101. The molecule has 1 heterocycles. The molecule has 0 bridgehead atoms. The second-order valence-corrected chi connectivity index (χ2v) is 9.54. The van der Waals surface area contributed by atoms with E-state index in [-0.39, 0.29) is 21.5 Å². The van der Waals surface area contributed by atoms with Crippen molar-refractivity contribution in [1.29, 1.82) is 0 Å². The minimum Gasteiger partial charge on any atom is -0.255 e. The van der Waals surface area contributed by atoms with Crippen LogP contribution in [0.1, 0.15) is 5.69 Å². The lowest BCUT2D eigenvalue weighted by Gasteiger charge is -2.08. The highest BCUT2D eigenvalue weighted by Crippen LogP contribution is 2.38. The summed E-state index contributed by atoms with van der Waals surface area (Å²) in [6, 6.07) is 12.8. The standard InChI is InChI=1S/C19H14F3N3O3S2/c1-29(26)13-5-9-15-11(10-13)2-8-16-17(15)25(24-18(16)19(20,21)22)12-3-6-14(7-4-12)30(23,27)28/h2-10H,1H3,(H2,23,27,28). The fourth-order valence-corrected chi connectivity index (χ4v) is 4.33. The molecule has 1 unspecified atom stereocenters. The largest absolute Gasteiger partial charge is 0.435 e. The minimum atomic E-state index is -4.69. The van der Waals surface area contributed by atoms with Crippen molar-refractivity contribution in [3.05, 3.63) is 60.3 Å². The second kappa shape index (κ2) is 6.89. The van der Waals surface area contributed by atoms with Crippen LogP contribution in [-0.2, 0) is 27.0 Å². The van der Waals surface area contributed by atoms with E-state index in [4.69, 9.17) is 5.14 Å². The molecule has 11 heteroatoms. The normalized spacial score (nSPS) is 13.8. The molecular weight excluding hydrogens is 439 g/mol. The molecule has 0 aliphatic heterocycles. The third-order valence-corrected chi connectivity index (χ3v) is 6.49. The smallest absolute Gasteiger partial charge is 0.255 e. The first-order valence-electron chi connectivity index (χ1n) is 8.46. The summed E-state index contributed by atoms with van der Waals surface area (Å²) in [6.45, 7) is 0. The van der Waals surface area contributed by atoms with E-state index in [0.29, 0.717) is 15.7 Å². The maximum absolute atomic E-state index is 13.6. The van der Waals surface area contributed by atoms with Gasteiger partial charge in [-0.2, -0.15) is 18.3 Å². The van der Waals surface area contributed by atoms with Gasteiger partial charge in [0.15, 0.2) is 5.69 Å². The van der Waals surface area contributed by atoms with Gasteiger partial charge in [0.1, 0.15) is 0 Å². The van der Waals surface area contributed by atoms with Crippen LogP contribution in [-0.4, -0.2) is 28.7 Å². The molecule has 0 aliphatic rings. The summed E-state index contributed by atoms with van der Waals surface area (Å²) >= 11 is 0. The lowest BCUT2D eigenvalue weighted by Crippen LogP contribution is -2.12. The monoisotopic (exact) mass is 453 g/mol. The van der Waals surface area contributed by atoms with Crippen LogP contribution in [0.15, 0.2) is 64.4 Å². The summed E-state index contributed by atoms with van der Waals surface area (Å²) in [4.78, 5) is 0.375. The molecule has 0 spiro atoms. The molecule has 2 N–H and O–H groups in total. The molecule has 156 valence electrons. The number of aromatic nitrogens is 2. The molecule has 0 saturated heterocycles. The van der Waals surface area contributed by atoms with Crippen molar-refractivity contribution in [2.75, 3.05) is 6.26 Å². The van der Waals surface area contributed by atoms with Crippen LogP contribution in [0.25, 0.3) is 27.4 Å². The van der Waals surface area contributed by atoms with Gasteiger partial charge in [-0.1, -0.05) is 12.1 Å². The number of halogens is 3. The van der Waals surface area contributed by atoms with Gasteiger partial charge in [-0.05, 0) is 47.9 Å². The van der Waals surface area contributed by atoms with Gasteiger partial charge in [-0.25, -0.2) is 18.2 Å². The summed E-state index contributed by atoms with van der Waals surface area (Å²) in [5, 5.41) is 9.86. The average molecular weight is 453 g/mol. The Morgan fingerprint density at radius 1 is 1.00 bits per heavy atom. The van der Waals surface area contributed by atoms with Gasteiger partial charge in [0.2, 0.25) is 10.0 Å². The molecule has 3 aromatic carbocycles. The summed E-state index contributed by atoms with van der Waals surface area (Å²) in [7, 11) is -5.20. The lowest BCUT2D eigenvalue weighted by atomic mass is 10.1. The summed E-state index contributed by atoms with van der Waals surface area (Å²) in [5.74, 6) is 0. The molecule has 4 aromatic rings. The topological polar surface area (TPSA) is 95.0 Å². The van der Waals surface area contributed by atoms with Crippen LogP contribution in [0.5, 0.6) is 0 Å². The van der Waals surface area contributed by atoms with E-state index in [0.717, 1.165) is 4.68 Å². The summed E-state index contributed by atoms with van der Waals surface area (Å²) < 4.78 is 76.7. The zero-order valence-electron chi connectivity index (χ0n) is 15.3. The Kier molecular flexibility index (Phi) is 4.71. The molecule has 1 aromatic heterocycles. The first-order valence-corrected chi connectivity index (χ1v) is 11.6. The van der Waals surface area contributed by atoms with Crippen molar-refractivity contribution >= 4 is 42.5 Å². The molecule has 0 aliphatic carbocycles. The Labute approximate surface area is 171 Å². The second-order valence-electron chi connectivity index (χ2n) is 6.60. The van der Waals surface area contributed by atoms with E-state index in [1.807, 2.05) is 0 Å². The molecule has 6 nitrogen and oxygen atoms in total. The lowest BCUT2D eigenvalue weighted by molar-refractivity contribution is -0.140. The number of hydrogen-bond donors (Lipinski definition) is 1. The van der Waals surface area contributed by atoms with Crippen LogP contribution in [0.2, 0.25) is 0 Å². The van der Waals surface area contributed by atoms with Crippen molar-refractivity contribution in [2.45, 2.75) is 16.0 Å². The van der Waals surface area contributed by atoms with Crippen molar-refractivity contribution in [3.8, 4) is 5.69 Å². The fourth-order valence-electron chi connectivity index (χ4n) is 3.27. The number of rotatable bonds is 3. The zero-order chi connectivity index (χ0) is 21.8. The van der Waals surface area contributed by atoms with Crippen molar-refractivity contribution in [1.82, 2.24) is 9.78 Å². The number of hydrogen-bond acceptors (Lipinski definition) is 4. The molecule has 1 atom stereocenters. The Bertz CT molecular complexity index is 1430. The maximum atomic E-state index is 13.6. The van der Waals surface area contributed by atoms with E-state index in [1.54, 1.807) is 18.2 Å². The number of nitrogens with zero attached hydrogens (tertiary/aromatic N) is 2. The van der Waals surface area contributed by atoms with Crippen LogP contribution < -0.4 is 5.14 Å². The molecule has 30 heavy (non-hydrogen) atoms. The van der Waals surface area contributed by atoms with Gasteiger partial charge in [0.05, 0.1) is 16.1 Å². The van der Waals surface area contributed by atoms with Crippen LogP contribution in [0, 0.1) is 0 Å². The van der Waals surface area contributed by atoms with Crippen LogP contribution in [0.3, 0.4) is 0 Å². The van der Waals surface area contributed by atoms with Gasteiger partial charge in [-0.3, -0.25) is 4.21 Å². The Hall–Kier alpha value is -2.76. The summed E-state index contributed by atoms with van der Waals surface area (Å²) in [5.41, 5.74) is -0.617. The molecule has 0 radical (unpaired) electrons. The number of nitrogens with two attached hydrogens (primary N) is 1. The number of fused-ring (bicyclic) bond motifs is 3. The predicted octanol–water partition coefficient (Wildman–Crippen LogP) is 3.58. The quantitative estimate of drug-likeness (QED) is 0.513. The highest BCUT2D eigenvalue weighted by atomic mass is 32.2. The van der Waals surface area contributed by atoms with Crippen LogP contribution >= 0.6 is 0 Å². The number of sulfonamides is 1. The van der Waals surface area contributed by atoms with Crippen LogP contribution in [0.4, 0.5) is 13.2 Å². The van der Waals surface area contributed by atoms with Gasteiger partial charge < -0.3 is 0 Å². The van der Waals surface area contributed by atoms with E-state index >= 15 is 0 Å². The molecular formula is C19H14F3N3O3S2. The molecule has 0 amide bonds. The van der Waals surface area contributed by atoms with Gasteiger partial charge >= 0.3 is 6.18 Å². The first-order chi connectivity index (χ1) is 14.0. The van der Waals surface area contributed by atoms with E-state index in [1.165, 1.54) is 42.7 Å². The fraction of sp³-hybridized carbons (Fsp3) is 0.105. The van der Waals surface area contributed by atoms with Crippen molar-refractivity contribution in [2.24, 2.45) is 5.14 Å². The Morgan fingerprint density at radius 2 is 1.63 bits per heavy atom. The van der Waals surface area contributed by atoms with Crippen molar-refractivity contribution in [3.63, 3.8) is 0 Å². The van der Waals surface area contributed by atoms with Crippen molar-refractivity contribution < 1.29 is 25.8 Å². The number of alkyl halides is 3. The molecule has 4 rings (SSSR count). The zero-order valence-corrected chi connectivity index (χ0v) is 17.0. The summed E-state index contributed by atoms with van der Waals surface area (Å²) in [6.07, 6.45) is -3.18. The number of primary sulfonamides is 1. The third kappa shape index (κ3) is 3.48. The highest BCUT2D eigenvalue weighted by molar-refractivity contribution is 7.89. The Morgan fingerprint density at radius 3 is 2.20 bits per heavy atom. The van der Waals surface area contributed by atoms with E-state index in [9.17, 15) is 25.8 Å². The third-order valence-electron chi connectivity index (χ3n) is 4.64. The number of benzene rings is 3. The maximum Gasteiger partial charge on any atom is 0.435 e. The van der Waals surface area contributed by atoms with Gasteiger partial charge in [0.25, 0.3) is 0 Å². The Balaban J connectivity index is 2.06. The average Bonchev–Trinajstić information content (AvgIpc) is 3.07. The highest BCUT2D eigenvalue weighted by Gasteiger charge is 2.37. The predicted molar refractivity (Wildman–Crippen MR) is 107 cm³/mol. The molecule has 0 fully saturated rings. The van der Waals surface area contributed by atoms with E-state index < -0.39 is 32.7 Å².